The molecule has 0 saturated heterocycles. The Morgan fingerprint density at radius 3 is 2.64 bits per heavy atom. The minimum absolute atomic E-state index is 0.0403. The van der Waals surface area contributed by atoms with E-state index in [9.17, 15) is 4.79 Å². The van der Waals surface area contributed by atoms with Gasteiger partial charge in [0.15, 0.2) is 5.96 Å². The van der Waals surface area contributed by atoms with Crippen LogP contribution in [0.15, 0.2) is 29.3 Å². The summed E-state index contributed by atoms with van der Waals surface area (Å²) >= 11 is 6.17. The highest BCUT2D eigenvalue weighted by molar-refractivity contribution is 6.31. The molecular weight excluding hydrogens is 340 g/mol. The third-order valence-corrected chi connectivity index (χ3v) is 3.85. The van der Waals surface area contributed by atoms with Gasteiger partial charge in [-0.1, -0.05) is 29.8 Å². The molecule has 25 heavy (non-hydrogen) atoms. The number of benzene rings is 1. The van der Waals surface area contributed by atoms with Crippen molar-refractivity contribution in [2.24, 2.45) is 4.99 Å². The van der Waals surface area contributed by atoms with Crippen molar-refractivity contribution in [3.8, 4) is 0 Å². The first kappa shape index (κ1) is 21.3. The highest BCUT2D eigenvalue weighted by atomic mass is 35.5. The molecule has 0 heterocycles. The largest absolute Gasteiger partial charge is 0.382 e. The summed E-state index contributed by atoms with van der Waals surface area (Å²) in [6.07, 6.45) is 1.65. The van der Waals surface area contributed by atoms with E-state index in [4.69, 9.17) is 16.3 Å². The van der Waals surface area contributed by atoms with Gasteiger partial charge in [-0.15, -0.1) is 0 Å². The lowest BCUT2D eigenvalue weighted by Crippen LogP contribution is -2.40. The van der Waals surface area contributed by atoms with E-state index in [1.54, 1.807) is 14.1 Å². The van der Waals surface area contributed by atoms with Crippen LogP contribution in [0.5, 0.6) is 0 Å². The minimum atomic E-state index is -0.0403. The molecule has 6 nitrogen and oxygen atoms in total. The molecule has 0 fully saturated rings. The van der Waals surface area contributed by atoms with Gasteiger partial charge in [0.1, 0.15) is 6.54 Å². The molecule has 140 valence electrons. The van der Waals surface area contributed by atoms with Crippen LogP contribution in [0.3, 0.4) is 0 Å². The fourth-order valence-electron chi connectivity index (χ4n) is 2.00. The van der Waals surface area contributed by atoms with Crippen molar-refractivity contribution in [3.05, 3.63) is 34.9 Å². The molecule has 0 aliphatic rings. The number of nitrogens with zero attached hydrogens (tertiary/aromatic N) is 2. The van der Waals surface area contributed by atoms with E-state index in [1.807, 2.05) is 31.2 Å². The molecule has 0 bridgehead atoms. The second kappa shape index (κ2) is 12.6. The summed E-state index contributed by atoms with van der Waals surface area (Å²) < 4.78 is 5.32. The van der Waals surface area contributed by atoms with Crippen molar-refractivity contribution in [2.75, 3.05) is 46.9 Å². The Labute approximate surface area is 155 Å². The fourth-order valence-corrected chi connectivity index (χ4v) is 2.23. The first-order chi connectivity index (χ1) is 12.0. The number of hydrogen-bond acceptors (Lipinski definition) is 3. The smallest absolute Gasteiger partial charge is 0.243 e. The molecule has 2 N–H and O–H groups in total. The lowest BCUT2D eigenvalue weighted by molar-refractivity contribution is -0.127. The van der Waals surface area contributed by atoms with Crippen molar-refractivity contribution in [1.29, 1.82) is 0 Å². The molecule has 0 aliphatic carbocycles. The first-order valence-corrected chi connectivity index (χ1v) is 8.95. The topological polar surface area (TPSA) is 66.0 Å². The number of amides is 1. The average molecular weight is 369 g/mol. The number of halogens is 1. The van der Waals surface area contributed by atoms with Crippen molar-refractivity contribution in [2.45, 2.75) is 19.8 Å². The monoisotopic (exact) mass is 368 g/mol. The molecule has 0 aromatic heterocycles. The third-order valence-electron chi connectivity index (χ3n) is 3.48. The third kappa shape index (κ3) is 9.31. The lowest BCUT2D eigenvalue weighted by atomic mass is 10.1. The zero-order valence-corrected chi connectivity index (χ0v) is 16.1. The van der Waals surface area contributed by atoms with Gasteiger partial charge >= 0.3 is 0 Å². The number of ether oxygens (including phenoxy) is 1. The molecule has 7 heteroatoms. The predicted octanol–water partition coefficient (Wildman–Crippen LogP) is 1.93. The van der Waals surface area contributed by atoms with E-state index < -0.39 is 0 Å². The van der Waals surface area contributed by atoms with E-state index in [0.717, 1.165) is 30.0 Å². The van der Waals surface area contributed by atoms with Gasteiger partial charge in [-0.05, 0) is 31.4 Å². The van der Waals surface area contributed by atoms with Crippen LogP contribution < -0.4 is 10.6 Å². The molecule has 1 aromatic carbocycles. The van der Waals surface area contributed by atoms with E-state index in [1.165, 1.54) is 4.90 Å². The Kier molecular flexibility index (Phi) is 10.7. The summed E-state index contributed by atoms with van der Waals surface area (Å²) in [7, 11) is 3.44. The Balaban J connectivity index is 2.49. The van der Waals surface area contributed by atoms with Crippen LogP contribution in [-0.4, -0.2) is 63.7 Å². The Hall–Kier alpha value is -1.79. The van der Waals surface area contributed by atoms with Crippen LogP contribution in [0.25, 0.3) is 0 Å². The number of guanidine groups is 1. The molecule has 0 spiro atoms. The number of rotatable bonds is 10. The number of aliphatic imine (C=N–C) groups is 1. The van der Waals surface area contributed by atoms with Crippen molar-refractivity contribution >= 4 is 23.5 Å². The normalized spacial score (nSPS) is 11.3. The summed E-state index contributed by atoms with van der Waals surface area (Å²) in [5, 5.41) is 7.24. The van der Waals surface area contributed by atoms with Crippen LogP contribution >= 0.6 is 11.6 Å². The van der Waals surface area contributed by atoms with Gasteiger partial charge in [-0.25, -0.2) is 4.99 Å². The molecule has 0 saturated carbocycles. The zero-order valence-electron chi connectivity index (χ0n) is 15.3. The van der Waals surface area contributed by atoms with E-state index in [2.05, 4.69) is 15.6 Å². The van der Waals surface area contributed by atoms with Crippen LogP contribution in [0.1, 0.15) is 18.9 Å². The Bertz CT molecular complexity index is 550. The summed E-state index contributed by atoms with van der Waals surface area (Å²) in [4.78, 5) is 17.6. The molecule has 0 atom stereocenters. The molecule has 1 aromatic rings. The minimum Gasteiger partial charge on any atom is -0.382 e. The highest BCUT2D eigenvalue weighted by Gasteiger charge is 2.05. The Morgan fingerprint density at radius 2 is 1.96 bits per heavy atom. The summed E-state index contributed by atoms with van der Waals surface area (Å²) in [6.45, 7) is 4.91. The fraction of sp³-hybridized carbons (Fsp3) is 0.556. The molecular formula is C18H29ClN4O2. The molecule has 1 rings (SSSR count). The van der Waals surface area contributed by atoms with Gasteiger partial charge in [0, 0.05) is 45.4 Å². The number of hydrogen-bond donors (Lipinski definition) is 2. The molecule has 0 aliphatic heterocycles. The van der Waals surface area contributed by atoms with Crippen LogP contribution in [-0.2, 0) is 16.0 Å². The predicted molar refractivity (Wildman–Crippen MR) is 103 cm³/mol. The summed E-state index contributed by atoms with van der Waals surface area (Å²) in [5.41, 5.74) is 1.08. The second-order valence-electron chi connectivity index (χ2n) is 5.70. The van der Waals surface area contributed by atoms with E-state index >= 15 is 0 Å². The van der Waals surface area contributed by atoms with E-state index in [0.29, 0.717) is 25.7 Å². The maximum atomic E-state index is 11.7. The first-order valence-electron chi connectivity index (χ1n) is 8.58. The number of carbonyl (C=O) groups is 1. The average Bonchev–Trinajstić information content (AvgIpc) is 2.60. The maximum absolute atomic E-state index is 11.7. The Morgan fingerprint density at radius 1 is 1.24 bits per heavy atom. The van der Waals surface area contributed by atoms with Gasteiger partial charge in [-0.3, -0.25) is 4.79 Å². The number of carbonyl (C=O) groups excluding carboxylic acids is 1. The molecule has 0 radical (unpaired) electrons. The number of likely N-dealkylation sites (N-methyl/N-ethyl adjacent to an activating group) is 1. The maximum Gasteiger partial charge on any atom is 0.243 e. The standard InChI is InChI=1S/C18H29ClN4O2/c1-4-25-13-7-11-20-18(22-14-17(24)23(2)3)21-12-10-15-8-5-6-9-16(15)19/h5-6,8-9H,4,7,10-14H2,1-3H3,(H2,20,21,22). The summed E-state index contributed by atoms with van der Waals surface area (Å²) in [5.74, 6) is 0.584. The van der Waals surface area contributed by atoms with Gasteiger partial charge in [0.25, 0.3) is 0 Å². The van der Waals surface area contributed by atoms with Gasteiger partial charge in [0.05, 0.1) is 0 Å². The molecule has 0 unspecified atom stereocenters. The lowest BCUT2D eigenvalue weighted by Gasteiger charge is -2.14. The highest BCUT2D eigenvalue weighted by Crippen LogP contribution is 2.14. The van der Waals surface area contributed by atoms with Crippen LogP contribution in [0.4, 0.5) is 0 Å². The molecule has 1 amide bonds. The van der Waals surface area contributed by atoms with Gasteiger partial charge in [-0.2, -0.15) is 0 Å². The second-order valence-corrected chi connectivity index (χ2v) is 6.11. The van der Waals surface area contributed by atoms with Crippen LogP contribution in [0, 0.1) is 0 Å². The zero-order chi connectivity index (χ0) is 18.5. The SMILES string of the molecule is CCOCCCNC(=NCC(=O)N(C)C)NCCc1ccccc1Cl. The summed E-state index contributed by atoms with van der Waals surface area (Å²) in [6, 6.07) is 7.77. The van der Waals surface area contributed by atoms with Gasteiger partial charge in [0.2, 0.25) is 5.91 Å². The van der Waals surface area contributed by atoms with E-state index in [-0.39, 0.29) is 12.5 Å². The van der Waals surface area contributed by atoms with Crippen molar-refractivity contribution in [3.63, 3.8) is 0 Å². The quantitative estimate of drug-likeness (QED) is 0.376. The van der Waals surface area contributed by atoms with Crippen molar-refractivity contribution < 1.29 is 9.53 Å². The van der Waals surface area contributed by atoms with Crippen LogP contribution in [0.2, 0.25) is 5.02 Å². The number of nitrogens with one attached hydrogen (secondary N) is 2. The van der Waals surface area contributed by atoms with Crippen molar-refractivity contribution in [1.82, 2.24) is 15.5 Å². The van der Waals surface area contributed by atoms with Gasteiger partial charge < -0.3 is 20.3 Å².